The molecule has 0 bridgehead atoms. The van der Waals surface area contributed by atoms with Crippen LogP contribution in [0.5, 0.6) is 0 Å². The molecule has 19 heavy (non-hydrogen) atoms. The fraction of sp³-hybridized carbons (Fsp3) is 0.333. The normalized spacial score (nSPS) is 16.0. The Morgan fingerprint density at radius 1 is 1.53 bits per heavy atom. The third kappa shape index (κ3) is 2.25. The average Bonchev–Trinajstić information content (AvgIpc) is 2.30. The number of hydrogen-bond acceptors (Lipinski definition) is 4. The largest absolute Gasteiger partial charge is 0.322 e. The van der Waals surface area contributed by atoms with Gasteiger partial charge in [0.2, 0.25) is 5.91 Å². The molecule has 0 heterocycles. The summed E-state index contributed by atoms with van der Waals surface area (Å²) in [6, 6.07) is 4.89. The van der Waals surface area contributed by atoms with Gasteiger partial charge in [0, 0.05) is 6.07 Å². The highest BCUT2D eigenvalue weighted by atomic mass is 19.1. The fourth-order valence-corrected chi connectivity index (χ4v) is 1.88. The monoisotopic (exact) mass is 263 g/mol. The SMILES string of the molecule is N#CC1(C(=O)Nc2ccc([N+](=O)[O-])cc2F)CCC1. The standard InChI is InChI=1S/C12H10FN3O3/c13-9-6-8(16(18)19)2-3-10(9)15-11(17)12(7-14)4-1-5-12/h2-3,6H,1,4-5H2,(H,15,17). The third-order valence-electron chi connectivity index (χ3n) is 3.27. The van der Waals surface area contributed by atoms with Gasteiger partial charge in [-0.3, -0.25) is 14.9 Å². The van der Waals surface area contributed by atoms with Gasteiger partial charge in [-0.15, -0.1) is 0 Å². The smallest absolute Gasteiger partial charge is 0.272 e. The van der Waals surface area contributed by atoms with Gasteiger partial charge in [-0.1, -0.05) is 0 Å². The molecule has 7 heteroatoms. The van der Waals surface area contributed by atoms with Crippen LogP contribution in [-0.2, 0) is 4.79 Å². The van der Waals surface area contributed by atoms with Crippen molar-refractivity contribution in [1.29, 1.82) is 5.26 Å². The molecular weight excluding hydrogens is 253 g/mol. The lowest BCUT2D eigenvalue weighted by molar-refractivity contribution is -0.385. The van der Waals surface area contributed by atoms with Gasteiger partial charge < -0.3 is 5.32 Å². The summed E-state index contributed by atoms with van der Waals surface area (Å²) in [4.78, 5) is 21.6. The van der Waals surface area contributed by atoms with E-state index in [2.05, 4.69) is 5.32 Å². The van der Waals surface area contributed by atoms with Crippen molar-refractivity contribution in [3.63, 3.8) is 0 Å². The number of hydrogen-bond donors (Lipinski definition) is 1. The molecule has 6 nitrogen and oxygen atoms in total. The van der Waals surface area contributed by atoms with E-state index in [0.717, 1.165) is 24.6 Å². The van der Waals surface area contributed by atoms with Crippen LogP contribution >= 0.6 is 0 Å². The van der Waals surface area contributed by atoms with Crippen molar-refractivity contribution in [1.82, 2.24) is 0 Å². The maximum atomic E-state index is 13.6. The first-order valence-corrected chi connectivity index (χ1v) is 5.65. The van der Waals surface area contributed by atoms with Gasteiger partial charge in [0.15, 0.2) is 5.82 Å². The first-order chi connectivity index (χ1) is 8.98. The van der Waals surface area contributed by atoms with Gasteiger partial charge in [0.1, 0.15) is 5.41 Å². The van der Waals surface area contributed by atoms with E-state index in [-0.39, 0.29) is 5.69 Å². The lowest BCUT2D eigenvalue weighted by atomic mass is 9.69. The van der Waals surface area contributed by atoms with Crippen molar-refractivity contribution in [3.05, 3.63) is 34.1 Å². The zero-order valence-corrected chi connectivity index (χ0v) is 9.85. The van der Waals surface area contributed by atoms with Crippen molar-refractivity contribution < 1.29 is 14.1 Å². The summed E-state index contributed by atoms with van der Waals surface area (Å²) in [6.07, 6.45) is 1.68. The van der Waals surface area contributed by atoms with E-state index in [1.807, 2.05) is 6.07 Å². The molecule has 1 N–H and O–H groups in total. The van der Waals surface area contributed by atoms with Crippen LogP contribution in [0, 0.1) is 32.7 Å². The quantitative estimate of drug-likeness (QED) is 0.668. The molecule has 98 valence electrons. The molecular formula is C12H10FN3O3. The Kier molecular flexibility index (Phi) is 3.17. The molecule has 1 saturated carbocycles. The van der Waals surface area contributed by atoms with Crippen LogP contribution in [-0.4, -0.2) is 10.8 Å². The molecule has 0 aliphatic heterocycles. The van der Waals surface area contributed by atoms with Crippen LogP contribution in [0.15, 0.2) is 18.2 Å². The number of non-ortho nitro benzene ring substituents is 1. The average molecular weight is 263 g/mol. The lowest BCUT2D eigenvalue weighted by Gasteiger charge is -2.33. The number of carbonyl (C=O) groups excluding carboxylic acids is 1. The number of nitrogens with zero attached hydrogens (tertiary/aromatic N) is 2. The van der Waals surface area contributed by atoms with Crippen molar-refractivity contribution in [2.45, 2.75) is 19.3 Å². The van der Waals surface area contributed by atoms with E-state index in [1.54, 1.807) is 0 Å². The number of nitriles is 1. The number of rotatable bonds is 3. The Balaban J connectivity index is 2.18. The molecule has 1 aliphatic rings. The van der Waals surface area contributed by atoms with Crippen molar-refractivity contribution >= 4 is 17.3 Å². The van der Waals surface area contributed by atoms with E-state index >= 15 is 0 Å². The number of nitro benzene ring substituents is 1. The van der Waals surface area contributed by atoms with Crippen LogP contribution in [0.2, 0.25) is 0 Å². The molecule has 0 atom stereocenters. The van der Waals surface area contributed by atoms with Crippen molar-refractivity contribution in [2.75, 3.05) is 5.32 Å². The number of benzene rings is 1. The summed E-state index contributed by atoms with van der Waals surface area (Å²) in [6.45, 7) is 0. The number of nitrogens with one attached hydrogen (secondary N) is 1. The number of anilines is 1. The number of halogens is 1. The zero-order chi connectivity index (χ0) is 14.0. The molecule has 1 fully saturated rings. The van der Waals surface area contributed by atoms with E-state index in [4.69, 9.17) is 5.26 Å². The van der Waals surface area contributed by atoms with Gasteiger partial charge in [-0.25, -0.2) is 4.39 Å². The molecule has 0 spiro atoms. The number of carbonyl (C=O) groups is 1. The molecule has 0 unspecified atom stereocenters. The summed E-state index contributed by atoms with van der Waals surface area (Å²) in [7, 11) is 0. The lowest BCUT2D eigenvalue weighted by Crippen LogP contribution is -2.40. The summed E-state index contributed by atoms with van der Waals surface area (Å²) < 4.78 is 13.6. The third-order valence-corrected chi connectivity index (χ3v) is 3.27. The topological polar surface area (TPSA) is 96.0 Å². The molecule has 1 aliphatic carbocycles. The Morgan fingerprint density at radius 2 is 2.21 bits per heavy atom. The van der Waals surface area contributed by atoms with Gasteiger partial charge in [0.05, 0.1) is 22.7 Å². The van der Waals surface area contributed by atoms with Crippen LogP contribution in [0.25, 0.3) is 0 Å². The highest BCUT2D eigenvalue weighted by Crippen LogP contribution is 2.41. The molecule has 0 radical (unpaired) electrons. The van der Waals surface area contributed by atoms with E-state index in [0.29, 0.717) is 12.8 Å². The highest BCUT2D eigenvalue weighted by molar-refractivity contribution is 5.98. The second-order valence-corrected chi connectivity index (χ2v) is 4.42. The molecule has 2 rings (SSSR count). The Hall–Kier alpha value is -2.49. The van der Waals surface area contributed by atoms with Gasteiger partial charge in [-0.05, 0) is 25.3 Å². The van der Waals surface area contributed by atoms with Crippen LogP contribution in [0.1, 0.15) is 19.3 Å². The maximum absolute atomic E-state index is 13.6. The fourth-order valence-electron chi connectivity index (χ4n) is 1.88. The van der Waals surface area contributed by atoms with Gasteiger partial charge in [0.25, 0.3) is 5.69 Å². The number of amides is 1. The van der Waals surface area contributed by atoms with Gasteiger partial charge in [-0.2, -0.15) is 5.26 Å². The van der Waals surface area contributed by atoms with Crippen LogP contribution < -0.4 is 5.32 Å². The summed E-state index contributed by atoms with van der Waals surface area (Å²) in [5.74, 6) is -1.45. The minimum absolute atomic E-state index is 0.155. The molecule has 1 aromatic rings. The zero-order valence-electron chi connectivity index (χ0n) is 9.85. The minimum Gasteiger partial charge on any atom is -0.322 e. The van der Waals surface area contributed by atoms with Gasteiger partial charge >= 0.3 is 0 Å². The predicted octanol–water partition coefficient (Wildman–Crippen LogP) is 2.37. The summed E-state index contributed by atoms with van der Waals surface area (Å²) in [5.41, 5.74) is -1.64. The second-order valence-electron chi connectivity index (χ2n) is 4.42. The minimum atomic E-state index is -1.09. The predicted molar refractivity (Wildman–Crippen MR) is 63.6 cm³/mol. The summed E-state index contributed by atoms with van der Waals surface area (Å²) in [5, 5.41) is 21.7. The highest BCUT2D eigenvalue weighted by Gasteiger charge is 2.44. The first kappa shape index (κ1) is 13.0. The molecule has 1 aromatic carbocycles. The maximum Gasteiger partial charge on any atom is 0.272 e. The molecule has 1 amide bonds. The van der Waals surface area contributed by atoms with Crippen molar-refractivity contribution in [3.8, 4) is 6.07 Å². The van der Waals surface area contributed by atoms with Crippen molar-refractivity contribution in [2.24, 2.45) is 5.41 Å². The summed E-state index contributed by atoms with van der Waals surface area (Å²) >= 11 is 0. The number of nitro groups is 1. The molecule has 0 aromatic heterocycles. The van der Waals surface area contributed by atoms with E-state index < -0.39 is 27.8 Å². The first-order valence-electron chi connectivity index (χ1n) is 5.65. The van der Waals surface area contributed by atoms with Crippen LogP contribution in [0.4, 0.5) is 15.8 Å². The van der Waals surface area contributed by atoms with E-state index in [1.165, 1.54) is 0 Å². The Labute approximate surface area is 108 Å². The van der Waals surface area contributed by atoms with Crippen LogP contribution in [0.3, 0.4) is 0 Å². The van der Waals surface area contributed by atoms with E-state index in [9.17, 15) is 19.3 Å². The molecule has 0 saturated heterocycles. The Morgan fingerprint density at radius 3 is 2.63 bits per heavy atom. The second kappa shape index (κ2) is 4.65. The Bertz CT molecular complexity index is 590.